The van der Waals surface area contributed by atoms with Crippen molar-refractivity contribution in [1.29, 1.82) is 0 Å². The number of nitrogens with one attached hydrogen (secondary N) is 3. The molecule has 3 aromatic carbocycles. The fraction of sp³-hybridized carbons (Fsp3) is 0. The molecule has 3 N–H and O–H groups in total. The molecule has 5 nitrogen and oxygen atoms in total. The molecule has 0 radical (unpaired) electrons. The highest BCUT2D eigenvalue weighted by Crippen LogP contribution is 2.35. The van der Waals surface area contributed by atoms with Gasteiger partial charge in [0.05, 0.1) is 10.9 Å². The van der Waals surface area contributed by atoms with Crippen LogP contribution in [0.25, 0.3) is 21.8 Å². The average molecular weight is 351 g/mol. The molecule has 0 spiro atoms. The van der Waals surface area contributed by atoms with Crippen molar-refractivity contribution in [2.24, 2.45) is 0 Å². The van der Waals surface area contributed by atoms with Crippen LogP contribution in [0, 0.1) is 0 Å². The quantitative estimate of drug-likeness (QED) is 0.394. The highest BCUT2D eigenvalue weighted by molar-refractivity contribution is 6.15. The second kappa shape index (κ2) is 6.46. The van der Waals surface area contributed by atoms with Crippen molar-refractivity contribution >= 4 is 44.8 Å². The van der Waals surface area contributed by atoms with E-state index >= 15 is 0 Å². The number of fused-ring (bicyclic) bond motifs is 3. The van der Waals surface area contributed by atoms with Gasteiger partial charge in [-0.05, 0) is 30.3 Å². The molecule has 0 amide bonds. The summed E-state index contributed by atoms with van der Waals surface area (Å²) in [6.07, 6.45) is 0. The van der Waals surface area contributed by atoms with Crippen molar-refractivity contribution in [2.45, 2.75) is 0 Å². The lowest BCUT2D eigenvalue weighted by Crippen LogP contribution is -2.01. The first-order valence-corrected chi connectivity index (χ1v) is 8.80. The number of aromatic amines is 1. The average Bonchev–Trinajstić information content (AvgIpc) is 3.12. The van der Waals surface area contributed by atoms with Gasteiger partial charge >= 0.3 is 0 Å². The maximum absolute atomic E-state index is 4.48. The van der Waals surface area contributed by atoms with Gasteiger partial charge in [0.2, 0.25) is 0 Å². The van der Waals surface area contributed by atoms with Crippen molar-refractivity contribution in [3.63, 3.8) is 0 Å². The fourth-order valence-corrected chi connectivity index (χ4v) is 3.26. The van der Waals surface area contributed by atoms with E-state index in [9.17, 15) is 0 Å². The summed E-state index contributed by atoms with van der Waals surface area (Å²) in [5, 5.41) is 17.8. The molecule has 0 saturated carbocycles. The molecule has 0 aliphatic carbocycles. The molecule has 2 aromatic heterocycles. The molecule has 0 bridgehead atoms. The summed E-state index contributed by atoms with van der Waals surface area (Å²) in [6.45, 7) is 0. The standard InChI is InChI=1S/C22H17N5/c1-3-9-15(10-4-1)23-21-19-17-13-7-8-14-18(17)25-20(19)22(27-26-21)24-16-11-5-2-6-12-16/h1-14,25H,(H,23,26)(H,24,27). The number of H-pyrrole nitrogens is 1. The van der Waals surface area contributed by atoms with Crippen LogP contribution in [0.3, 0.4) is 0 Å². The van der Waals surface area contributed by atoms with E-state index in [1.807, 2.05) is 72.8 Å². The Kier molecular flexibility index (Phi) is 3.68. The maximum Gasteiger partial charge on any atom is 0.177 e. The molecule has 0 unspecified atom stereocenters. The van der Waals surface area contributed by atoms with E-state index in [4.69, 9.17) is 0 Å². The van der Waals surface area contributed by atoms with Gasteiger partial charge < -0.3 is 15.6 Å². The minimum Gasteiger partial charge on any atom is -0.351 e. The third kappa shape index (κ3) is 2.85. The lowest BCUT2D eigenvalue weighted by molar-refractivity contribution is 1.06. The van der Waals surface area contributed by atoms with Gasteiger partial charge in [-0.25, -0.2) is 0 Å². The predicted molar refractivity (Wildman–Crippen MR) is 111 cm³/mol. The van der Waals surface area contributed by atoms with E-state index in [2.05, 4.69) is 37.9 Å². The molecule has 5 aromatic rings. The largest absolute Gasteiger partial charge is 0.351 e. The molecular weight excluding hydrogens is 334 g/mol. The summed E-state index contributed by atoms with van der Waals surface area (Å²) in [5.41, 5.74) is 3.92. The Hall–Kier alpha value is -3.86. The van der Waals surface area contributed by atoms with Crippen molar-refractivity contribution in [3.05, 3.63) is 84.9 Å². The Balaban J connectivity index is 1.69. The summed E-state index contributed by atoms with van der Waals surface area (Å²) in [6, 6.07) is 28.2. The van der Waals surface area contributed by atoms with E-state index in [0.29, 0.717) is 5.82 Å². The predicted octanol–water partition coefficient (Wildman–Crippen LogP) is 5.60. The number of rotatable bonds is 4. The first-order valence-electron chi connectivity index (χ1n) is 8.80. The van der Waals surface area contributed by atoms with Crippen molar-refractivity contribution in [1.82, 2.24) is 15.2 Å². The zero-order chi connectivity index (χ0) is 18.1. The topological polar surface area (TPSA) is 65.6 Å². The van der Waals surface area contributed by atoms with Gasteiger partial charge in [-0.15, -0.1) is 10.2 Å². The van der Waals surface area contributed by atoms with Crippen molar-refractivity contribution in [3.8, 4) is 0 Å². The molecule has 5 rings (SSSR count). The summed E-state index contributed by atoms with van der Waals surface area (Å²) in [5.74, 6) is 1.43. The molecule has 0 fully saturated rings. The Morgan fingerprint density at radius 2 is 1.15 bits per heavy atom. The van der Waals surface area contributed by atoms with Gasteiger partial charge in [0.15, 0.2) is 11.6 Å². The van der Waals surface area contributed by atoms with E-state index in [0.717, 1.165) is 39.0 Å². The monoisotopic (exact) mass is 351 g/mol. The molecule has 27 heavy (non-hydrogen) atoms. The Labute approximate surface area is 156 Å². The van der Waals surface area contributed by atoms with E-state index in [1.165, 1.54) is 0 Å². The minimum atomic E-state index is 0.700. The Morgan fingerprint density at radius 3 is 1.85 bits per heavy atom. The summed E-state index contributed by atoms with van der Waals surface area (Å²) >= 11 is 0. The highest BCUT2D eigenvalue weighted by atomic mass is 15.2. The molecule has 2 heterocycles. The van der Waals surface area contributed by atoms with Crippen LogP contribution >= 0.6 is 0 Å². The van der Waals surface area contributed by atoms with E-state index < -0.39 is 0 Å². The Bertz CT molecular complexity index is 1210. The van der Waals surface area contributed by atoms with Gasteiger partial charge in [-0.3, -0.25) is 0 Å². The second-order valence-corrected chi connectivity index (χ2v) is 6.30. The van der Waals surface area contributed by atoms with Crippen molar-refractivity contribution < 1.29 is 0 Å². The molecule has 0 saturated heterocycles. The third-order valence-electron chi connectivity index (χ3n) is 4.50. The number of anilines is 4. The molecule has 130 valence electrons. The van der Waals surface area contributed by atoms with E-state index in [1.54, 1.807) is 0 Å². The molecule has 0 aliphatic heterocycles. The summed E-state index contributed by atoms with van der Waals surface area (Å²) in [4.78, 5) is 3.49. The van der Waals surface area contributed by atoms with Crippen LogP contribution in [-0.2, 0) is 0 Å². The smallest absolute Gasteiger partial charge is 0.177 e. The zero-order valence-electron chi connectivity index (χ0n) is 14.5. The Morgan fingerprint density at radius 1 is 0.593 bits per heavy atom. The van der Waals surface area contributed by atoms with Crippen LogP contribution in [-0.4, -0.2) is 15.2 Å². The van der Waals surface area contributed by atoms with Crippen LogP contribution in [0.2, 0.25) is 0 Å². The SMILES string of the molecule is c1ccc(Nc2nnc(Nc3ccccc3)c3c2[nH]c2ccccc23)cc1. The molecular formula is C22H17N5. The molecule has 5 heteroatoms. The first kappa shape index (κ1) is 15.4. The van der Waals surface area contributed by atoms with Gasteiger partial charge in [0, 0.05) is 22.3 Å². The van der Waals surface area contributed by atoms with E-state index in [-0.39, 0.29) is 0 Å². The van der Waals surface area contributed by atoms with Gasteiger partial charge in [0.25, 0.3) is 0 Å². The van der Waals surface area contributed by atoms with Gasteiger partial charge in [0.1, 0.15) is 0 Å². The van der Waals surface area contributed by atoms with Gasteiger partial charge in [-0.1, -0.05) is 54.6 Å². The van der Waals surface area contributed by atoms with Crippen LogP contribution in [0.4, 0.5) is 23.0 Å². The summed E-state index contributed by atoms with van der Waals surface area (Å²) < 4.78 is 0. The first-order chi connectivity index (χ1) is 13.4. The number of hydrogen-bond acceptors (Lipinski definition) is 4. The van der Waals surface area contributed by atoms with Crippen molar-refractivity contribution in [2.75, 3.05) is 10.6 Å². The van der Waals surface area contributed by atoms with Gasteiger partial charge in [-0.2, -0.15) is 0 Å². The highest BCUT2D eigenvalue weighted by Gasteiger charge is 2.15. The number of nitrogens with zero attached hydrogens (tertiary/aromatic N) is 2. The minimum absolute atomic E-state index is 0.700. The van der Waals surface area contributed by atoms with Crippen LogP contribution in [0.1, 0.15) is 0 Å². The summed E-state index contributed by atoms with van der Waals surface area (Å²) in [7, 11) is 0. The number of aromatic nitrogens is 3. The lowest BCUT2D eigenvalue weighted by atomic mass is 10.2. The number of para-hydroxylation sites is 3. The number of hydrogen-bond donors (Lipinski definition) is 3. The maximum atomic E-state index is 4.48. The van der Waals surface area contributed by atoms with Crippen LogP contribution in [0.5, 0.6) is 0 Å². The lowest BCUT2D eigenvalue weighted by Gasteiger charge is -2.10. The fourth-order valence-electron chi connectivity index (χ4n) is 3.26. The molecule has 0 atom stereocenters. The van der Waals surface area contributed by atoms with Crippen LogP contribution < -0.4 is 10.6 Å². The second-order valence-electron chi connectivity index (χ2n) is 6.30. The third-order valence-corrected chi connectivity index (χ3v) is 4.50. The zero-order valence-corrected chi connectivity index (χ0v) is 14.5. The molecule has 0 aliphatic rings. The normalized spacial score (nSPS) is 11.0. The van der Waals surface area contributed by atoms with Crippen LogP contribution in [0.15, 0.2) is 84.9 Å². The number of benzene rings is 3.